The quantitative estimate of drug-likeness (QED) is 0.699. The van der Waals surface area contributed by atoms with Gasteiger partial charge in [-0.3, -0.25) is 9.78 Å². The number of rotatable bonds is 2. The Hall–Kier alpha value is -1.13. The van der Waals surface area contributed by atoms with E-state index in [2.05, 4.69) is 4.98 Å². The normalized spacial score (nSPS) is 9.08. The molecular formula is C8H10ClNO3. The van der Waals surface area contributed by atoms with Crippen LogP contribution in [0.2, 0.25) is 0 Å². The summed E-state index contributed by atoms with van der Waals surface area (Å²) in [5, 5.41) is 18.1. The molecular weight excluding hydrogens is 194 g/mol. The zero-order chi connectivity index (χ0) is 9.14. The van der Waals surface area contributed by atoms with Crippen molar-refractivity contribution in [3.63, 3.8) is 0 Å². The number of halogens is 1. The van der Waals surface area contributed by atoms with Gasteiger partial charge >= 0.3 is 0 Å². The van der Waals surface area contributed by atoms with Crippen LogP contribution in [0.1, 0.15) is 21.6 Å². The molecule has 72 valence electrons. The molecule has 0 saturated heterocycles. The third-order valence-corrected chi connectivity index (χ3v) is 1.66. The molecule has 0 aliphatic rings. The van der Waals surface area contributed by atoms with Gasteiger partial charge in [0.2, 0.25) is 0 Å². The predicted octanol–water partition coefficient (Wildman–Crippen LogP) is 0.822. The van der Waals surface area contributed by atoms with Gasteiger partial charge in [0.1, 0.15) is 5.75 Å². The van der Waals surface area contributed by atoms with Gasteiger partial charge in [0.25, 0.3) is 0 Å². The van der Waals surface area contributed by atoms with E-state index in [-0.39, 0.29) is 35.9 Å². The molecule has 4 nitrogen and oxygen atoms in total. The summed E-state index contributed by atoms with van der Waals surface area (Å²) in [6, 6.07) is 0. The van der Waals surface area contributed by atoms with Crippen LogP contribution < -0.4 is 0 Å². The summed E-state index contributed by atoms with van der Waals surface area (Å²) in [6.45, 7) is 1.24. The van der Waals surface area contributed by atoms with E-state index in [4.69, 9.17) is 5.11 Å². The first-order valence-corrected chi connectivity index (χ1v) is 3.44. The maximum atomic E-state index is 10.4. The molecule has 1 aromatic heterocycles. The summed E-state index contributed by atoms with van der Waals surface area (Å²) in [6.07, 6.45) is 1.88. The maximum absolute atomic E-state index is 10.4. The lowest BCUT2D eigenvalue weighted by Crippen LogP contribution is -1.97. The standard InChI is InChI=1S/C8H9NO3.ClH/c1-5-8(12)7(4-11)6(3-10)2-9-5;/h2-3,11-12H,4H2,1H3;1H. The number of pyridine rings is 1. The number of aliphatic hydroxyl groups excluding tert-OH is 1. The monoisotopic (exact) mass is 203 g/mol. The van der Waals surface area contributed by atoms with Gasteiger partial charge < -0.3 is 10.2 Å². The molecule has 0 radical (unpaired) electrons. The van der Waals surface area contributed by atoms with E-state index in [0.717, 1.165) is 0 Å². The molecule has 0 fully saturated rings. The molecule has 13 heavy (non-hydrogen) atoms. The van der Waals surface area contributed by atoms with E-state index in [0.29, 0.717) is 12.0 Å². The Morgan fingerprint density at radius 3 is 2.69 bits per heavy atom. The number of aromatic nitrogens is 1. The first kappa shape index (κ1) is 11.9. The topological polar surface area (TPSA) is 70.4 Å². The summed E-state index contributed by atoms with van der Waals surface area (Å²) in [4.78, 5) is 14.2. The molecule has 2 N–H and O–H groups in total. The van der Waals surface area contributed by atoms with Gasteiger partial charge in [-0.1, -0.05) is 0 Å². The average Bonchev–Trinajstić information content (AvgIpc) is 2.09. The number of hydrogen-bond donors (Lipinski definition) is 2. The van der Waals surface area contributed by atoms with Crippen LogP contribution in [0.3, 0.4) is 0 Å². The minimum atomic E-state index is -0.358. The molecule has 0 atom stereocenters. The lowest BCUT2D eigenvalue weighted by molar-refractivity contribution is 0.111. The van der Waals surface area contributed by atoms with Crippen molar-refractivity contribution in [2.75, 3.05) is 0 Å². The van der Waals surface area contributed by atoms with Gasteiger partial charge in [0.05, 0.1) is 12.3 Å². The van der Waals surface area contributed by atoms with Crippen LogP contribution in [0.4, 0.5) is 0 Å². The second kappa shape index (κ2) is 4.79. The van der Waals surface area contributed by atoms with Crippen molar-refractivity contribution in [3.8, 4) is 5.75 Å². The molecule has 1 heterocycles. The van der Waals surface area contributed by atoms with Gasteiger partial charge in [-0.25, -0.2) is 0 Å². The molecule has 0 aliphatic carbocycles. The van der Waals surface area contributed by atoms with Crippen LogP contribution in [0.15, 0.2) is 6.20 Å². The van der Waals surface area contributed by atoms with Crippen LogP contribution in [0.5, 0.6) is 5.75 Å². The highest BCUT2D eigenvalue weighted by molar-refractivity contribution is 5.85. The number of nitrogens with zero attached hydrogens (tertiary/aromatic N) is 1. The first-order chi connectivity index (χ1) is 5.70. The summed E-state index contributed by atoms with van der Waals surface area (Å²) in [5.41, 5.74) is 0.864. The van der Waals surface area contributed by atoms with E-state index in [1.165, 1.54) is 6.20 Å². The lowest BCUT2D eigenvalue weighted by Gasteiger charge is -2.05. The highest BCUT2D eigenvalue weighted by atomic mass is 35.5. The smallest absolute Gasteiger partial charge is 0.152 e. The summed E-state index contributed by atoms with van der Waals surface area (Å²) < 4.78 is 0. The van der Waals surface area contributed by atoms with E-state index in [1.807, 2.05) is 0 Å². The molecule has 5 heteroatoms. The molecule has 1 aromatic rings. The van der Waals surface area contributed by atoms with Gasteiger partial charge in [-0.15, -0.1) is 12.4 Å². The fourth-order valence-corrected chi connectivity index (χ4v) is 0.928. The highest BCUT2D eigenvalue weighted by Gasteiger charge is 2.09. The van der Waals surface area contributed by atoms with E-state index in [9.17, 15) is 9.90 Å². The molecule has 0 aliphatic heterocycles. The van der Waals surface area contributed by atoms with Crippen molar-refractivity contribution >= 4 is 18.7 Å². The Kier molecular flexibility index (Phi) is 4.37. The van der Waals surface area contributed by atoms with Crippen LogP contribution in [-0.2, 0) is 6.61 Å². The average molecular weight is 204 g/mol. The Morgan fingerprint density at radius 1 is 1.62 bits per heavy atom. The van der Waals surface area contributed by atoms with Crippen molar-refractivity contribution in [3.05, 3.63) is 23.0 Å². The fourth-order valence-electron chi connectivity index (χ4n) is 0.928. The second-order valence-electron chi connectivity index (χ2n) is 2.40. The van der Waals surface area contributed by atoms with E-state index in [1.54, 1.807) is 6.92 Å². The number of carbonyl (C=O) groups excluding carboxylic acids is 1. The molecule has 0 saturated carbocycles. The van der Waals surface area contributed by atoms with Crippen molar-refractivity contribution < 1.29 is 15.0 Å². The van der Waals surface area contributed by atoms with Gasteiger partial charge in [0, 0.05) is 17.3 Å². The van der Waals surface area contributed by atoms with E-state index < -0.39 is 0 Å². The Balaban J connectivity index is 0.00000144. The fraction of sp³-hybridized carbons (Fsp3) is 0.250. The van der Waals surface area contributed by atoms with Crippen molar-refractivity contribution in [1.29, 1.82) is 0 Å². The van der Waals surface area contributed by atoms with Crippen LogP contribution >= 0.6 is 12.4 Å². The van der Waals surface area contributed by atoms with Crippen molar-refractivity contribution in [2.45, 2.75) is 13.5 Å². The summed E-state index contributed by atoms with van der Waals surface area (Å²) in [7, 11) is 0. The van der Waals surface area contributed by atoms with Crippen molar-refractivity contribution in [2.24, 2.45) is 0 Å². The third-order valence-electron chi connectivity index (χ3n) is 1.66. The SMILES string of the molecule is Cc1ncc(C=O)c(CO)c1O.Cl. The summed E-state index contributed by atoms with van der Waals surface area (Å²) in [5.74, 6) is -0.109. The molecule has 0 unspecified atom stereocenters. The Labute approximate surface area is 81.6 Å². The van der Waals surface area contributed by atoms with Gasteiger partial charge in [-0.2, -0.15) is 0 Å². The summed E-state index contributed by atoms with van der Waals surface area (Å²) >= 11 is 0. The largest absolute Gasteiger partial charge is 0.506 e. The second-order valence-corrected chi connectivity index (χ2v) is 2.40. The predicted molar refractivity (Wildman–Crippen MR) is 49.2 cm³/mol. The minimum absolute atomic E-state index is 0. The molecule has 0 bridgehead atoms. The van der Waals surface area contributed by atoms with Crippen LogP contribution in [-0.4, -0.2) is 21.5 Å². The van der Waals surface area contributed by atoms with Crippen LogP contribution in [0, 0.1) is 6.92 Å². The Morgan fingerprint density at radius 2 is 2.23 bits per heavy atom. The number of aldehydes is 1. The molecule has 0 spiro atoms. The van der Waals surface area contributed by atoms with Gasteiger partial charge in [0.15, 0.2) is 6.29 Å². The molecule has 0 aromatic carbocycles. The third kappa shape index (κ3) is 2.17. The van der Waals surface area contributed by atoms with Crippen molar-refractivity contribution in [1.82, 2.24) is 4.98 Å². The Bertz CT molecular complexity index is 315. The van der Waals surface area contributed by atoms with Gasteiger partial charge in [-0.05, 0) is 6.92 Å². The number of aliphatic hydroxyl groups is 1. The minimum Gasteiger partial charge on any atom is -0.506 e. The zero-order valence-corrected chi connectivity index (χ0v) is 7.84. The number of carbonyl (C=O) groups is 1. The number of hydrogen-bond acceptors (Lipinski definition) is 4. The first-order valence-electron chi connectivity index (χ1n) is 3.44. The van der Waals surface area contributed by atoms with Crippen LogP contribution in [0.25, 0.3) is 0 Å². The van der Waals surface area contributed by atoms with E-state index >= 15 is 0 Å². The number of aryl methyl sites for hydroxylation is 1. The molecule has 1 rings (SSSR count). The lowest BCUT2D eigenvalue weighted by atomic mass is 10.1. The highest BCUT2D eigenvalue weighted by Crippen LogP contribution is 2.22. The maximum Gasteiger partial charge on any atom is 0.152 e. The zero-order valence-electron chi connectivity index (χ0n) is 7.02. The molecule has 0 amide bonds. The number of aromatic hydroxyl groups is 1.